The van der Waals surface area contributed by atoms with Crippen molar-refractivity contribution in [2.75, 3.05) is 36.8 Å². The van der Waals surface area contributed by atoms with Crippen LogP contribution in [0.4, 0.5) is 5.69 Å². The van der Waals surface area contributed by atoms with Gasteiger partial charge >= 0.3 is 0 Å². The lowest BCUT2D eigenvalue weighted by molar-refractivity contribution is 0.0995. The van der Waals surface area contributed by atoms with Crippen LogP contribution < -0.4 is 4.90 Å². The van der Waals surface area contributed by atoms with Gasteiger partial charge < -0.3 is 9.64 Å². The first-order chi connectivity index (χ1) is 8.54. The maximum atomic E-state index is 11.8. The fourth-order valence-electron chi connectivity index (χ4n) is 2.11. The molecular weight excluding hydrogens is 274 g/mol. The summed E-state index contributed by atoms with van der Waals surface area (Å²) in [6.07, 6.45) is 1.22. The van der Waals surface area contributed by atoms with Gasteiger partial charge in [-0.15, -0.1) is 11.6 Å². The molecule has 6 heteroatoms. The standard InChI is InChI=1S/C12H16ClNO3S/c1-18(15,16)12-5-3-2-4-11(12)14-6-7-17-9-10(14)8-13/h2-5,10H,6-9H2,1H3. The zero-order chi connectivity index (χ0) is 13.2. The smallest absolute Gasteiger partial charge is 0.177 e. The topological polar surface area (TPSA) is 46.6 Å². The monoisotopic (exact) mass is 289 g/mol. The molecule has 0 amide bonds. The number of nitrogens with zero attached hydrogens (tertiary/aromatic N) is 1. The molecule has 1 unspecified atom stereocenters. The van der Waals surface area contributed by atoms with E-state index >= 15 is 0 Å². The number of rotatable bonds is 3. The van der Waals surface area contributed by atoms with E-state index in [0.29, 0.717) is 36.2 Å². The second-order valence-corrected chi connectivity index (χ2v) is 6.61. The van der Waals surface area contributed by atoms with E-state index in [1.165, 1.54) is 6.26 Å². The number of hydrogen-bond donors (Lipinski definition) is 0. The molecule has 0 radical (unpaired) electrons. The van der Waals surface area contributed by atoms with Gasteiger partial charge in [-0.1, -0.05) is 12.1 Å². The van der Waals surface area contributed by atoms with Gasteiger partial charge in [-0.25, -0.2) is 8.42 Å². The Bertz CT molecular complexity index is 518. The highest BCUT2D eigenvalue weighted by atomic mass is 35.5. The zero-order valence-corrected chi connectivity index (χ0v) is 11.7. The van der Waals surface area contributed by atoms with Crippen molar-refractivity contribution in [3.63, 3.8) is 0 Å². The zero-order valence-electron chi connectivity index (χ0n) is 10.2. The fourth-order valence-corrected chi connectivity index (χ4v) is 3.25. The Balaban J connectivity index is 2.43. The van der Waals surface area contributed by atoms with Gasteiger partial charge in [0, 0.05) is 18.7 Å². The number of morpholine rings is 1. The van der Waals surface area contributed by atoms with Gasteiger partial charge in [-0.2, -0.15) is 0 Å². The van der Waals surface area contributed by atoms with Crippen molar-refractivity contribution in [2.24, 2.45) is 0 Å². The summed E-state index contributed by atoms with van der Waals surface area (Å²) < 4.78 is 29.0. The maximum Gasteiger partial charge on any atom is 0.177 e. The molecule has 0 bridgehead atoms. The van der Waals surface area contributed by atoms with Crippen LogP contribution in [0.25, 0.3) is 0 Å². The van der Waals surface area contributed by atoms with Gasteiger partial charge in [0.15, 0.2) is 9.84 Å². The maximum absolute atomic E-state index is 11.8. The molecule has 1 atom stereocenters. The highest BCUT2D eigenvalue weighted by Crippen LogP contribution is 2.28. The van der Waals surface area contributed by atoms with Crippen LogP contribution in [0.2, 0.25) is 0 Å². The van der Waals surface area contributed by atoms with Crippen LogP contribution in [0.3, 0.4) is 0 Å². The van der Waals surface area contributed by atoms with Crippen LogP contribution in [0.5, 0.6) is 0 Å². The first-order valence-electron chi connectivity index (χ1n) is 5.73. The average Bonchev–Trinajstić information content (AvgIpc) is 2.37. The summed E-state index contributed by atoms with van der Waals surface area (Å²) in [5.74, 6) is 0.415. The Kier molecular flexibility index (Phi) is 4.14. The third-order valence-electron chi connectivity index (χ3n) is 2.98. The average molecular weight is 290 g/mol. The molecular formula is C12H16ClNO3S. The number of anilines is 1. The Morgan fingerprint density at radius 1 is 1.44 bits per heavy atom. The molecule has 1 aromatic carbocycles. The Morgan fingerprint density at radius 3 is 2.83 bits per heavy atom. The molecule has 18 heavy (non-hydrogen) atoms. The Labute approximate surface area is 112 Å². The van der Waals surface area contributed by atoms with Crippen LogP contribution in [-0.4, -0.2) is 46.4 Å². The van der Waals surface area contributed by atoms with E-state index in [1.54, 1.807) is 12.1 Å². The third kappa shape index (κ3) is 2.79. The summed E-state index contributed by atoms with van der Waals surface area (Å²) in [4.78, 5) is 2.37. The molecule has 0 saturated carbocycles. The molecule has 1 aliphatic heterocycles. The van der Waals surface area contributed by atoms with Crippen LogP contribution in [0.1, 0.15) is 0 Å². The van der Waals surface area contributed by atoms with Gasteiger partial charge in [0.25, 0.3) is 0 Å². The lowest BCUT2D eigenvalue weighted by atomic mass is 10.2. The van der Waals surface area contributed by atoms with Crippen molar-refractivity contribution in [2.45, 2.75) is 10.9 Å². The molecule has 2 rings (SSSR count). The molecule has 4 nitrogen and oxygen atoms in total. The molecule has 1 aliphatic rings. The first kappa shape index (κ1) is 13.6. The summed E-state index contributed by atoms with van der Waals surface area (Å²) in [6, 6.07) is 7.04. The lowest BCUT2D eigenvalue weighted by Gasteiger charge is -2.37. The highest BCUT2D eigenvalue weighted by molar-refractivity contribution is 7.90. The largest absolute Gasteiger partial charge is 0.377 e. The molecule has 100 valence electrons. The molecule has 1 heterocycles. The molecule has 1 saturated heterocycles. The van der Waals surface area contributed by atoms with Gasteiger partial charge in [0.05, 0.1) is 29.8 Å². The molecule has 0 spiro atoms. The van der Waals surface area contributed by atoms with Crippen molar-refractivity contribution in [3.8, 4) is 0 Å². The van der Waals surface area contributed by atoms with E-state index in [-0.39, 0.29) is 6.04 Å². The first-order valence-corrected chi connectivity index (χ1v) is 8.16. The van der Waals surface area contributed by atoms with E-state index in [1.807, 2.05) is 17.0 Å². The lowest BCUT2D eigenvalue weighted by Crippen LogP contribution is -2.47. The quantitative estimate of drug-likeness (QED) is 0.792. The number of halogens is 1. The van der Waals surface area contributed by atoms with E-state index in [2.05, 4.69) is 0 Å². The van der Waals surface area contributed by atoms with Crippen molar-refractivity contribution >= 4 is 27.1 Å². The van der Waals surface area contributed by atoms with Crippen molar-refractivity contribution in [1.29, 1.82) is 0 Å². The molecule has 0 N–H and O–H groups in total. The Morgan fingerprint density at radius 2 is 2.17 bits per heavy atom. The number of hydrogen-bond acceptors (Lipinski definition) is 4. The minimum absolute atomic E-state index is 0.0170. The molecule has 1 aromatic rings. The minimum Gasteiger partial charge on any atom is -0.377 e. The van der Waals surface area contributed by atoms with Crippen LogP contribution in [-0.2, 0) is 14.6 Å². The SMILES string of the molecule is CS(=O)(=O)c1ccccc1N1CCOCC1CCl. The highest BCUT2D eigenvalue weighted by Gasteiger charge is 2.26. The summed E-state index contributed by atoms with van der Waals surface area (Å²) >= 11 is 5.92. The number of benzene rings is 1. The normalized spacial score (nSPS) is 21.0. The number of sulfone groups is 1. The van der Waals surface area contributed by atoms with E-state index < -0.39 is 9.84 Å². The summed E-state index contributed by atoms with van der Waals surface area (Å²) in [7, 11) is -3.24. The van der Waals surface area contributed by atoms with Gasteiger partial charge in [-0.3, -0.25) is 0 Å². The summed E-state index contributed by atoms with van der Waals surface area (Å²) in [6.45, 7) is 1.77. The molecule has 1 fully saturated rings. The van der Waals surface area contributed by atoms with Gasteiger partial charge in [-0.05, 0) is 12.1 Å². The van der Waals surface area contributed by atoms with Crippen molar-refractivity contribution in [3.05, 3.63) is 24.3 Å². The minimum atomic E-state index is -3.24. The predicted molar refractivity (Wildman–Crippen MR) is 72.2 cm³/mol. The van der Waals surface area contributed by atoms with Gasteiger partial charge in [0.1, 0.15) is 0 Å². The van der Waals surface area contributed by atoms with Crippen molar-refractivity contribution < 1.29 is 13.2 Å². The number of ether oxygens (including phenoxy) is 1. The van der Waals surface area contributed by atoms with Crippen LogP contribution in [0, 0.1) is 0 Å². The van der Waals surface area contributed by atoms with E-state index in [0.717, 1.165) is 0 Å². The predicted octanol–water partition coefficient (Wildman–Crippen LogP) is 1.53. The van der Waals surface area contributed by atoms with Crippen molar-refractivity contribution in [1.82, 2.24) is 0 Å². The second kappa shape index (κ2) is 5.47. The number of alkyl halides is 1. The number of para-hydroxylation sites is 1. The third-order valence-corrected chi connectivity index (χ3v) is 4.48. The summed E-state index contributed by atoms with van der Waals surface area (Å²) in [5.41, 5.74) is 0.717. The van der Waals surface area contributed by atoms with E-state index in [4.69, 9.17) is 16.3 Å². The second-order valence-electron chi connectivity index (χ2n) is 4.32. The van der Waals surface area contributed by atoms with E-state index in [9.17, 15) is 8.42 Å². The Hall–Kier alpha value is -0.780. The molecule has 0 aliphatic carbocycles. The van der Waals surface area contributed by atoms with Gasteiger partial charge in [0.2, 0.25) is 0 Å². The summed E-state index contributed by atoms with van der Waals surface area (Å²) in [5, 5.41) is 0. The molecule has 0 aromatic heterocycles. The van der Waals surface area contributed by atoms with Crippen LogP contribution >= 0.6 is 11.6 Å². The van der Waals surface area contributed by atoms with Crippen LogP contribution in [0.15, 0.2) is 29.2 Å². The fraction of sp³-hybridized carbons (Fsp3) is 0.500.